The summed E-state index contributed by atoms with van der Waals surface area (Å²) < 4.78 is 1.97. The van der Waals surface area contributed by atoms with Crippen molar-refractivity contribution in [1.29, 1.82) is 0 Å². The van der Waals surface area contributed by atoms with Crippen LogP contribution in [0.3, 0.4) is 0 Å². The second kappa shape index (κ2) is 5.53. The van der Waals surface area contributed by atoms with Gasteiger partial charge in [0.25, 0.3) is 0 Å². The molecule has 1 N–H and O–H groups in total. The highest BCUT2D eigenvalue weighted by atomic mass is 15.3. The summed E-state index contributed by atoms with van der Waals surface area (Å²) in [6.07, 6.45) is 2.82. The zero-order valence-electron chi connectivity index (χ0n) is 12.4. The Hall–Kier alpha value is -1.68. The molecule has 4 nitrogen and oxygen atoms in total. The summed E-state index contributed by atoms with van der Waals surface area (Å²) in [5.41, 5.74) is 4.75. The molecule has 0 spiro atoms. The van der Waals surface area contributed by atoms with Gasteiger partial charge < -0.3 is 5.32 Å². The fourth-order valence-electron chi connectivity index (χ4n) is 2.47. The summed E-state index contributed by atoms with van der Waals surface area (Å²) in [5, 5.41) is 7.92. The summed E-state index contributed by atoms with van der Waals surface area (Å²) >= 11 is 0. The molecule has 4 heteroatoms. The lowest BCUT2D eigenvalue weighted by atomic mass is 10.1. The van der Waals surface area contributed by atoms with Crippen LogP contribution >= 0.6 is 0 Å². The number of aryl methyl sites for hydroxylation is 1. The van der Waals surface area contributed by atoms with Gasteiger partial charge in [0.2, 0.25) is 0 Å². The van der Waals surface area contributed by atoms with Crippen molar-refractivity contribution in [3.05, 3.63) is 40.8 Å². The van der Waals surface area contributed by atoms with Crippen molar-refractivity contribution < 1.29 is 0 Å². The van der Waals surface area contributed by atoms with Crippen LogP contribution in [0.2, 0.25) is 0 Å². The Morgan fingerprint density at radius 2 is 2.11 bits per heavy atom. The summed E-state index contributed by atoms with van der Waals surface area (Å²) in [7, 11) is 1.96. The largest absolute Gasteiger partial charge is 0.313 e. The number of pyridine rings is 1. The Bertz CT molecular complexity index is 572. The molecule has 0 aliphatic heterocycles. The zero-order chi connectivity index (χ0) is 14.0. The normalized spacial score (nSPS) is 12.7. The van der Waals surface area contributed by atoms with Crippen molar-refractivity contribution >= 4 is 0 Å². The molecule has 1 atom stereocenters. The molecule has 0 aromatic carbocycles. The van der Waals surface area contributed by atoms with E-state index < -0.39 is 0 Å². The average molecular weight is 258 g/mol. The maximum Gasteiger partial charge on any atom is 0.158 e. The molecule has 1 unspecified atom stereocenters. The van der Waals surface area contributed by atoms with Crippen molar-refractivity contribution in [2.24, 2.45) is 0 Å². The summed E-state index contributed by atoms with van der Waals surface area (Å²) in [6.45, 7) is 8.47. The van der Waals surface area contributed by atoms with Crippen LogP contribution < -0.4 is 5.32 Å². The van der Waals surface area contributed by atoms with Crippen molar-refractivity contribution in [3.8, 4) is 5.82 Å². The van der Waals surface area contributed by atoms with Gasteiger partial charge in [0.1, 0.15) is 0 Å². The maximum absolute atomic E-state index is 4.65. The topological polar surface area (TPSA) is 42.7 Å². The van der Waals surface area contributed by atoms with E-state index in [9.17, 15) is 0 Å². The average Bonchev–Trinajstić information content (AvgIpc) is 2.72. The van der Waals surface area contributed by atoms with Gasteiger partial charge in [-0.1, -0.05) is 13.0 Å². The summed E-state index contributed by atoms with van der Waals surface area (Å²) in [5.74, 6) is 0.921. The molecule has 0 radical (unpaired) electrons. The quantitative estimate of drug-likeness (QED) is 0.917. The first-order chi connectivity index (χ1) is 9.10. The first-order valence-electron chi connectivity index (χ1n) is 6.77. The van der Waals surface area contributed by atoms with Crippen molar-refractivity contribution in [3.63, 3.8) is 0 Å². The fraction of sp³-hybridized carbons (Fsp3) is 0.467. The minimum atomic E-state index is 0.248. The van der Waals surface area contributed by atoms with Crippen LogP contribution in [0.5, 0.6) is 0 Å². The minimum Gasteiger partial charge on any atom is -0.313 e. The van der Waals surface area contributed by atoms with E-state index in [0.717, 1.165) is 17.9 Å². The van der Waals surface area contributed by atoms with Gasteiger partial charge in [-0.15, -0.1) is 0 Å². The molecule has 0 aliphatic rings. The monoisotopic (exact) mass is 258 g/mol. The first-order valence-corrected chi connectivity index (χ1v) is 6.77. The molecular weight excluding hydrogens is 236 g/mol. The predicted molar refractivity (Wildman–Crippen MR) is 77.7 cm³/mol. The van der Waals surface area contributed by atoms with E-state index >= 15 is 0 Å². The Labute approximate surface area is 114 Å². The van der Waals surface area contributed by atoms with E-state index in [1.165, 1.54) is 16.8 Å². The van der Waals surface area contributed by atoms with Gasteiger partial charge in [-0.25, -0.2) is 9.67 Å². The van der Waals surface area contributed by atoms with Crippen molar-refractivity contribution in [1.82, 2.24) is 20.1 Å². The van der Waals surface area contributed by atoms with Crippen LogP contribution in [0, 0.1) is 13.8 Å². The second-order valence-corrected chi connectivity index (χ2v) is 4.84. The third-order valence-electron chi connectivity index (χ3n) is 3.71. The molecular formula is C15H22N4. The van der Waals surface area contributed by atoms with Crippen LogP contribution in [-0.2, 0) is 6.42 Å². The Morgan fingerprint density at radius 1 is 1.37 bits per heavy atom. The lowest BCUT2D eigenvalue weighted by Gasteiger charge is -2.15. The van der Waals surface area contributed by atoms with Crippen LogP contribution in [-0.4, -0.2) is 21.8 Å². The lowest BCUT2D eigenvalue weighted by molar-refractivity contribution is 0.636. The molecule has 0 fully saturated rings. The van der Waals surface area contributed by atoms with Crippen LogP contribution in [0.4, 0.5) is 0 Å². The van der Waals surface area contributed by atoms with Gasteiger partial charge in [0, 0.05) is 23.5 Å². The fourth-order valence-corrected chi connectivity index (χ4v) is 2.47. The lowest BCUT2D eigenvalue weighted by Crippen LogP contribution is -2.16. The molecule has 0 saturated heterocycles. The molecule has 0 amide bonds. The van der Waals surface area contributed by atoms with Gasteiger partial charge in [-0.3, -0.25) is 0 Å². The molecule has 2 rings (SSSR count). The molecule has 2 heterocycles. The summed E-state index contributed by atoms with van der Waals surface area (Å²) in [4.78, 5) is 4.53. The summed E-state index contributed by atoms with van der Waals surface area (Å²) in [6, 6.07) is 4.32. The second-order valence-electron chi connectivity index (χ2n) is 4.84. The van der Waals surface area contributed by atoms with E-state index in [4.69, 9.17) is 0 Å². The van der Waals surface area contributed by atoms with Gasteiger partial charge in [-0.2, -0.15) is 5.10 Å². The highest BCUT2D eigenvalue weighted by Crippen LogP contribution is 2.23. The van der Waals surface area contributed by atoms with E-state index in [2.05, 4.69) is 49.2 Å². The minimum absolute atomic E-state index is 0.248. The molecule has 2 aromatic heterocycles. The van der Waals surface area contributed by atoms with Gasteiger partial charge in [0.15, 0.2) is 5.82 Å². The standard InChI is InChI=1S/C15H22N4/c1-6-13-11(3)18-19(12(13)4)15-14(10(2)16-5)8-7-9-17-15/h7-10,16H,6H2,1-5H3. The smallest absolute Gasteiger partial charge is 0.158 e. The maximum atomic E-state index is 4.65. The number of hydrogen-bond donors (Lipinski definition) is 1. The van der Waals surface area contributed by atoms with E-state index in [1.807, 2.05) is 24.0 Å². The molecule has 0 aliphatic carbocycles. The number of rotatable bonds is 4. The highest BCUT2D eigenvalue weighted by molar-refractivity contribution is 5.39. The molecule has 102 valence electrons. The molecule has 2 aromatic rings. The number of aromatic nitrogens is 3. The van der Waals surface area contributed by atoms with Crippen LogP contribution in [0.15, 0.2) is 18.3 Å². The number of nitrogens with zero attached hydrogens (tertiary/aromatic N) is 3. The van der Waals surface area contributed by atoms with E-state index in [0.29, 0.717) is 0 Å². The van der Waals surface area contributed by atoms with Crippen LogP contribution in [0.1, 0.15) is 42.4 Å². The third kappa shape index (κ3) is 2.40. The number of nitrogens with one attached hydrogen (secondary N) is 1. The van der Waals surface area contributed by atoms with Gasteiger partial charge in [-0.05, 0) is 45.9 Å². The molecule has 0 saturated carbocycles. The molecule has 0 bridgehead atoms. The molecule has 19 heavy (non-hydrogen) atoms. The number of hydrogen-bond acceptors (Lipinski definition) is 3. The van der Waals surface area contributed by atoms with Gasteiger partial charge >= 0.3 is 0 Å². The van der Waals surface area contributed by atoms with Gasteiger partial charge in [0.05, 0.1) is 5.69 Å². The Morgan fingerprint density at radius 3 is 2.68 bits per heavy atom. The van der Waals surface area contributed by atoms with E-state index in [1.54, 1.807) is 0 Å². The predicted octanol–water partition coefficient (Wildman–Crippen LogP) is 2.73. The van der Waals surface area contributed by atoms with E-state index in [-0.39, 0.29) is 6.04 Å². The van der Waals surface area contributed by atoms with Crippen molar-refractivity contribution in [2.75, 3.05) is 7.05 Å². The zero-order valence-corrected chi connectivity index (χ0v) is 12.4. The Balaban J connectivity index is 2.59. The SMILES string of the molecule is CCc1c(C)nn(-c2ncccc2C(C)NC)c1C. The Kier molecular flexibility index (Phi) is 4.00. The van der Waals surface area contributed by atoms with Crippen LogP contribution in [0.25, 0.3) is 5.82 Å². The highest BCUT2D eigenvalue weighted by Gasteiger charge is 2.16. The van der Waals surface area contributed by atoms with Crippen molar-refractivity contribution in [2.45, 2.75) is 40.2 Å². The third-order valence-corrected chi connectivity index (χ3v) is 3.71. The first kappa shape index (κ1) is 13.7.